The lowest BCUT2D eigenvalue weighted by Crippen LogP contribution is -2.34. The number of nitrogens with zero attached hydrogens (tertiary/aromatic N) is 4. The van der Waals surface area contributed by atoms with E-state index < -0.39 is 0 Å². The maximum absolute atomic E-state index is 4.88. The molecule has 1 fully saturated rings. The summed E-state index contributed by atoms with van der Waals surface area (Å²) in [6, 6.07) is 4.54. The van der Waals surface area contributed by atoms with E-state index in [0.717, 1.165) is 25.2 Å². The fourth-order valence-corrected chi connectivity index (χ4v) is 5.22. The third-order valence-electron chi connectivity index (χ3n) is 5.45. The van der Waals surface area contributed by atoms with E-state index in [9.17, 15) is 0 Å². The first-order valence-electron chi connectivity index (χ1n) is 9.72. The summed E-state index contributed by atoms with van der Waals surface area (Å²) in [7, 11) is 2.06. The molecule has 0 aliphatic carbocycles. The smallest absolute Gasteiger partial charge is 0.139 e. The van der Waals surface area contributed by atoms with Crippen molar-refractivity contribution in [3.05, 3.63) is 57.8 Å². The number of aryl methyl sites for hydroxylation is 2. The second-order valence-corrected chi connectivity index (χ2v) is 9.13. The van der Waals surface area contributed by atoms with Gasteiger partial charge in [0.15, 0.2) is 0 Å². The molecule has 0 saturated carbocycles. The molecule has 0 radical (unpaired) electrons. The van der Waals surface area contributed by atoms with Crippen molar-refractivity contribution in [2.45, 2.75) is 45.6 Å². The molecule has 0 amide bonds. The van der Waals surface area contributed by atoms with Gasteiger partial charge in [0.2, 0.25) is 0 Å². The summed E-state index contributed by atoms with van der Waals surface area (Å²) in [5.41, 5.74) is 4.86. The summed E-state index contributed by atoms with van der Waals surface area (Å²) in [6.07, 6.45) is 7.54. The third kappa shape index (κ3) is 3.99. The van der Waals surface area contributed by atoms with E-state index in [1.807, 2.05) is 11.3 Å². The summed E-state index contributed by atoms with van der Waals surface area (Å²) in [5, 5.41) is 2.43. The van der Waals surface area contributed by atoms with Gasteiger partial charge in [-0.1, -0.05) is 12.2 Å². The Bertz CT molecular complexity index is 968. The van der Waals surface area contributed by atoms with Crippen LogP contribution in [0.4, 0.5) is 0 Å². The number of thiazole rings is 1. The van der Waals surface area contributed by atoms with Crippen LogP contribution in [0.2, 0.25) is 0 Å². The van der Waals surface area contributed by atoms with Gasteiger partial charge in [0.05, 0.1) is 5.01 Å². The summed E-state index contributed by atoms with van der Waals surface area (Å²) in [5.74, 6) is 0.568. The molecule has 1 aliphatic rings. The third-order valence-corrected chi connectivity index (χ3v) is 6.43. The van der Waals surface area contributed by atoms with E-state index in [2.05, 4.69) is 66.5 Å². The summed E-state index contributed by atoms with van der Waals surface area (Å²) in [6.45, 7) is 11.5. The number of piperidine rings is 1. The lowest BCUT2D eigenvalue weighted by molar-refractivity contribution is 0.201. The minimum Gasteiger partial charge on any atom is -0.336 e. The number of rotatable bonds is 5. The number of likely N-dealkylation sites (tertiary alicyclic amines) is 1. The van der Waals surface area contributed by atoms with Crippen molar-refractivity contribution in [3.63, 3.8) is 0 Å². The van der Waals surface area contributed by atoms with Crippen LogP contribution in [0.3, 0.4) is 0 Å². The molecular formula is C22H28N4S. The van der Waals surface area contributed by atoms with Crippen molar-refractivity contribution < 1.29 is 0 Å². The molecule has 3 aromatic rings. The van der Waals surface area contributed by atoms with Crippen LogP contribution in [-0.2, 0) is 20.0 Å². The first-order chi connectivity index (χ1) is 13.0. The van der Waals surface area contributed by atoms with Crippen LogP contribution in [0.5, 0.6) is 0 Å². The highest BCUT2D eigenvalue weighted by molar-refractivity contribution is 7.11. The van der Waals surface area contributed by atoms with Crippen LogP contribution in [0.25, 0.3) is 11.0 Å². The van der Waals surface area contributed by atoms with E-state index in [4.69, 9.17) is 4.98 Å². The van der Waals surface area contributed by atoms with Gasteiger partial charge in [0.25, 0.3) is 0 Å². The van der Waals surface area contributed by atoms with E-state index in [0.29, 0.717) is 5.92 Å². The minimum absolute atomic E-state index is 0.568. The maximum Gasteiger partial charge on any atom is 0.139 e. The van der Waals surface area contributed by atoms with Crippen molar-refractivity contribution in [3.8, 4) is 0 Å². The molecule has 5 heteroatoms. The lowest BCUT2D eigenvalue weighted by atomic mass is 9.89. The molecule has 1 atom stereocenters. The van der Waals surface area contributed by atoms with Crippen molar-refractivity contribution in [2.75, 3.05) is 13.1 Å². The zero-order valence-corrected chi connectivity index (χ0v) is 17.4. The Hall–Kier alpha value is -1.98. The number of fused-ring (bicyclic) bond motifs is 1. The minimum atomic E-state index is 0.568. The van der Waals surface area contributed by atoms with Crippen LogP contribution < -0.4 is 0 Å². The van der Waals surface area contributed by atoms with Gasteiger partial charge in [-0.3, -0.25) is 4.90 Å². The Morgan fingerprint density at radius 2 is 2.26 bits per heavy atom. The highest BCUT2D eigenvalue weighted by Gasteiger charge is 2.24. The Labute approximate surface area is 165 Å². The Kier molecular flexibility index (Phi) is 5.15. The fraction of sp³-hybridized carbons (Fsp3) is 0.455. The Balaban J connectivity index is 1.49. The number of aromatic nitrogens is 3. The molecule has 4 nitrogen and oxygen atoms in total. The van der Waals surface area contributed by atoms with Crippen LogP contribution in [0.15, 0.2) is 36.7 Å². The van der Waals surface area contributed by atoms with Crippen LogP contribution in [0.1, 0.15) is 46.8 Å². The molecule has 1 aliphatic heterocycles. The first-order valence-corrected chi connectivity index (χ1v) is 10.5. The molecule has 4 rings (SSSR count). The highest BCUT2D eigenvalue weighted by Crippen LogP contribution is 2.32. The number of pyridine rings is 1. The van der Waals surface area contributed by atoms with Crippen molar-refractivity contribution in [1.29, 1.82) is 0 Å². The van der Waals surface area contributed by atoms with Crippen LogP contribution in [-0.4, -0.2) is 32.5 Å². The van der Waals surface area contributed by atoms with Crippen molar-refractivity contribution >= 4 is 22.4 Å². The quantitative estimate of drug-likeness (QED) is 0.594. The molecule has 1 unspecified atom stereocenters. The molecule has 142 valence electrons. The molecule has 0 spiro atoms. The zero-order valence-electron chi connectivity index (χ0n) is 16.5. The van der Waals surface area contributed by atoms with Gasteiger partial charge in [-0.25, -0.2) is 9.97 Å². The van der Waals surface area contributed by atoms with Gasteiger partial charge in [0.1, 0.15) is 5.65 Å². The number of allylic oxidation sites excluding steroid dienone is 1. The molecular weight excluding hydrogens is 352 g/mol. The zero-order chi connectivity index (χ0) is 19.0. The van der Waals surface area contributed by atoms with Crippen molar-refractivity contribution in [1.82, 2.24) is 19.4 Å². The molecule has 1 saturated heterocycles. The van der Waals surface area contributed by atoms with E-state index in [-0.39, 0.29) is 0 Å². The topological polar surface area (TPSA) is 34.0 Å². The monoisotopic (exact) mass is 380 g/mol. The largest absolute Gasteiger partial charge is 0.336 e. The maximum atomic E-state index is 4.88. The van der Waals surface area contributed by atoms with Gasteiger partial charge in [-0.05, 0) is 56.8 Å². The Morgan fingerprint density at radius 3 is 3.07 bits per heavy atom. The van der Waals surface area contributed by atoms with Gasteiger partial charge in [-0.15, -0.1) is 11.3 Å². The van der Waals surface area contributed by atoms with Gasteiger partial charge in [0, 0.05) is 54.9 Å². The molecule has 3 aromatic heterocycles. The van der Waals surface area contributed by atoms with Gasteiger partial charge >= 0.3 is 0 Å². The lowest BCUT2D eigenvalue weighted by Gasteiger charge is -2.33. The summed E-state index contributed by atoms with van der Waals surface area (Å²) >= 11 is 1.83. The molecule has 4 heterocycles. The second-order valence-electron chi connectivity index (χ2n) is 7.93. The van der Waals surface area contributed by atoms with Crippen molar-refractivity contribution in [2.24, 2.45) is 7.05 Å². The van der Waals surface area contributed by atoms with E-state index >= 15 is 0 Å². The fourth-order valence-electron chi connectivity index (χ4n) is 4.14. The molecule has 0 aromatic carbocycles. The summed E-state index contributed by atoms with van der Waals surface area (Å²) < 4.78 is 2.10. The first kappa shape index (κ1) is 18.4. The SMILES string of the molecule is C=C(C)Cc1ncc(CN2CCCC(c3cc4ccn(C)c4nc3C)C2)s1. The molecule has 0 bridgehead atoms. The Morgan fingerprint density at radius 1 is 1.41 bits per heavy atom. The van der Waals surface area contributed by atoms with Crippen LogP contribution in [0, 0.1) is 6.92 Å². The summed E-state index contributed by atoms with van der Waals surface area (Å²) in [4.78, 5) is 13.4. The number of hydrogen-bond acceptors (Lipinski definition) is 4. The molecule has 27 heavy (non-hydrogen) atoms. The number of hydrogen-bond donors (Lipinski definition) is 0. The second kappa shape index (κ2) is 7.56. The van der Waals surface area contributed by atoms with E-state index in [1.165, 1.54) is 51.5 Å². The van der Waals surface area contributed by atoms with Crippen LogP contribution >= 0.6 is 11.3 Å². The normalized spacial score (nSPS) is 18.3. The standard InChI is InChI=1S/C22H28N4S/c1-15(2)10-21-23-12-19(27-21)14-26-8-5-6-18(13-26)20-11-17-7-9-25(4)22(17)24-16(20)3/h7,9,11-12,18H,1,5-6,8,10,13-14H2,2-4H3. The van der Waals surface area contributed by atoms with E-state index in [1.54, 1.807) is 0 Å². The average molecular weight is 381 g/mol. The highest BCUT2D eigenvalue weighted by atomic mass is 32.1. The average Bonchev–Trinajstić information content (AvgIpc) is 3.21. The van der Waals surface area contributed by atoms with Gasteiger partial charge < -0.3 is 4.57 Å². The predicted octanol–water partition coefficient (Wildman–Crippen LogP) is 4.84. The molecule has 0 N–H and O–H groups in total. The van der Waals surface area contributed by atoms with Gasteiger partial charge in [-0.2, -0.15) is 0 Å². The predicted molar refractivity (Wildman–Crippen MR) is 113 cm³/mol.